The van der Waals surface area contributed by atoms with E-state index in [1.807, 2.05) is 0 Å². The molecule has 0 aromatic carbocycles. The molecule has 1 heterocycles. The van der Waals surface area contributed by atoms with Crippen LogP contribution in [0.3, 0.4) is 0 Å². The van der Waals surface area contributed by atoms with Gasteiger partial charge in [-0.15, -0.1) is 24.0 Å². The van der Waals surface area contributed by atoms with E-state index in [9.17, 15) is 9.59 Å². The number of hydrogen-bond donors (Lipinski definition) is 1. The van der Waals surface area contributed by atoms with Gasteiger partial charge in [0.15, 0.2) is 5.96 Å². The number of halogens is 1. The third kappa shape index (κ3) is 6.06. The van der Waals surface area contributed by atoms with E-state index < -0.39 is 0 Å². The molecule has 0 bridgehead atoms. The minimum absolute atomic E-state index is 0. The molecule has 0 saturated carbocycles. The van der Waals surface area contributed by atoms with Gasteiger partial charge < -0.3 is 19.9 Å². The summed E-state index contributed by atoms with van der Waals surface area (Å²) in [5.41, 5.74) is 0. The number of likely N-dealkylation sites (tertiary alicyclic amines) is 1. The van der Waals surface area contributed by atoms with Crippen LogP contribution in [0.15, 0.2) is 4.99 Å². The summed E-state index contributed by atoms with van der Waals surface area (Å²) in [5.74, 6) is 0.521. The Morgan fingerprint density at radius 3 is 2.33 bits per heavy atom. The highest BCUT2D eigenvalue weighted by Gasteiger charge is 2.27. The number of ether oxygens (including phenoxy) is 1. The molecule has 0 aliphatic carbocycles. The number of guanidine groups is 1. The monoisotopic (exact) mass is 412 g/mol. The Hall–Kier alpha value is -1.06. The average Bonchev–Trinajstić information content (AvgIpc) is 2.47. The summed E-state index contributed by atoms with van der Waals surface area (Å²) in [4.78, 5) is 30.8. The Bertz CT molecular complexity index is 380. The van der Waals surface area contributed by atoms with Crippen LogP contribution in [0, 0.1) is 5.92 Å². The topological polar surface area (TPSA) is 74.2 Å². The van der Waals surface area contributed by atoms with Crippen molar-refractivity contribution in [2.24, 2.45) is 10.9 Å². The number of likely N-dealkylation sites (N-methyl/N-ethyl adjacent to an activating group) is 1. The Morgan fingerprint density at radius 2 is 1.90 bits per heavy atom. The van der Waals surface area contributed by atoms with Crippen molar-refractivity contribution in [3.63, 3.8) is 0 Å². The molecule has 21 heavy (non-hydrogen) atoms. The first-order valence-corrected chi connectivity index (χ1v) is 6.73. The molecule has 1 amide bonds. The number of carbonyl (C=O) groups is 2. The van der Waals surface area contributed by atoms with Gasteiger partial charge in [0.25, 0.3) is 0 Å². The van der Waals surface area contributed by atoms with E-state index in [4.69, 9.17) is 4.74 Å². The number of methoxy groups -OCH3 is 1. The van der Waals surface area contributed by atoms with E-state index >= 15 is 0 Å². The van der Waals surface area contributed by atoms with Gasteiger partial charge in [-0.25, -0.2) is 0 Å². The van der Waals surface area contributed by atoms with Gasteiger partial charge in [0.05, 0.1) is 19.6 Å². The van der Waals surface area contributed by atoms with Crippen molar-refractivity contribution in [2.75, 3.05) is 47.9 Å². The normalized spacial score (nSPS) is 16.0. The van der Waals surface area contributed by atoms with Crippen molar-refractivity contribution in [3.05, 3.63) is 0 Å². The maximum atomic E-state index is 11.6. The van der Waals surface area contributed by atoms with Crippen LogP contribution >= 0.6 is 24.0 Å². The first kappa shape index (κ1) is 19.9. The van der Waals surface area contributed by atoms with Crippen molar-refractivity contribution in [1.82, 2.24) is 15.1 Å². The lowest BCUT2D eigenvalue weighted by Gasteiger charge is -2.33. The molecule has 0 unspecified atom stereocenters. The Morgan fingerprint density at radius 1 is 1.33 bits per heavy atom. The molecule has 0 spiro atoms. The molecule has 1 fully saturated rings. The fourth-order valence-corrected chi connectivity index (χ4v) is 2.14. The van der Waals surface area contributed by atoms with Crippen LogP contribution in [0.2, 0.25) is 0 Å². The molecule has 122 valence electrons. The quantitative estimate of drug-likeness (QED) is 0.309. The standard InChI is InChI=1S/C13H24N4O3.HI/c1-14-13(15-9-11(18)16(2)3)17-7-5-10(6-8-17)12(19)20-4;/h10H,5-9H2,1-4H3,(H,14,15);1H. The Balaban J connectivity index is 0.00000400. The van der Waals surface area contributed by atoms with E-state index in [0.29, 0.717) is 5.96 Å². The number of hydrogen-bond acceptors (Lipinski definition) is 4. The smallest absolute Gasteiger partial charge is 0.308 e. The maximum absolute atomic E-state index is 11.6. The van der Waals surface area contributed by atoms with Crippen LogP contribution in [0.25, 0.3) is 0 Å². The second-order valence-corrected chi connectivity index (χ2v) is 4.97. The van der Waals surface area contributed by atoms with Gasteiger partial charge in [-0.05, 0) is 12.8 Å². The molecule has 1 aliphatic rings. The molecule has 1 saturated heterocycles. The van der Waals surface area contributed by atoms with Gasteiger partial charge in [0.1, 0.15) is 0 Å². The van der Waals surface area contributed by atoms with Gasteiger partial charge in [-0.3, -0.25) is 14.6 Å². The second kappa shape index (κ2) is 9.80. The summed E-state index contributed by atoms with van der Waals surface area (Å²) in [7, 11) is 6.54. The Labute approximate surface area is 143 Å². The number of amides is 1. The fraction of sp³-hybridized carbons (Fsp3) is 0.769. The number of nitrogens with one attached hydrogen (secondary N) is 1. The van der Waals surface area contributed by atoms with Gasteiger partial charge in [-0.1, -0.05) is 0 Å². The van der Waals surface area contributed by atoms with Gasteiger partial charge >= 0.3 is 5.97 Å². The molecule has 0 radical (unpaired) electrons. The zero-order valence-corrected chi connectivity index (χ0v) is 15.4. The van der Waals surface area contributed by atoms with Crippen LogP contribution < -0.4 is 5.32 Å². The van der Waals surface area contributed by atoms with Crippen LogP contribution in [0.4, 0.5) is 0 Å². The summed E-state index contributed by atoms with van der Waals surface area (Å²) in [6, 6.07) is 0. The first-order valence-electron chi connectivity index (χ1n) is 6.73. The minimum Gasteiger partial charge on any atom is -0.469 e. The average molecular weight is 412 g/mol. The fourth-order valence-electron chi connectivity index (χ4n) is 2.14. The summed E-state index contributed by atoms with van der Waals surface area (Å²) in [6.07, 6.45) is 1.49. The molecule has 0 aromatic heterocycles. The minimum atomic E-state index is -0.143. The van der Waals surface area contributed by atoms with Gasteiger partial charge in [-0.2, -0.15) is 0 Å². The van der Waals surface area contributed by atoms with E-state index in [1.54, 1.807) is 21.1 Å². The molecule has 1 N–H and O–H groups in total. The predicted octanol–water partition coefficient (Wildman–Crippen LogP) is 0.153. The predicted molar refractivity (Wildman–Crippen MR) is 91.8 cm³/mol. The maximum Gasteiger partial charge on any atom is 0.308 e. The molecule has 0 aromatic rings. The number of piperidine rings is 1. The van der Waals surface area contributed by atoms with Crippen molar-refractivity contribution in [1.29, 1.82) is 0 Å². The third-order valence-electron chi connectivity index (χ3n) is 3.44. The first-order chi connectivity index (χ1) is 9.49. The zero-order valence-electron chi connectivity index (χ0n) is 13.1. The molecular formula is C13H25IN4O3. The Kier molecular flexibility index (Phi) is 9.31. The van der Waals surface area contributed by atoms with E-state index in [2.05, 4.69) is 15.2 Å². The van der Waals surface area contributed by atoms with Crippen LogP contribution in [0.1, 0.15) is 12.8 Å². The van der Waals surface area contributed by atoms with Crippen LogP contribution in [-0.4, -0.2) is 75.5 Å². The highest BCUT2D eigenvalue weighted by atomic mass is 127. The number of aliphatic imine (C=N–C) groups is 1. The van der Waals surface area contributed by atoms with E-state index in [-0.39, 0.29) is 48.3 Å². The van der Waals surface area contributed by atoms with Crippen LogP contribution in [-0.2, 0) is 14.3 Å². The van der Waals surface area contributed by atoms with Crippen LogP contribution in [0.5, 0.6) is 0 Å². The summed E-state index contributed by atoms with van der Waals surface area (Å²) in [6.45, 7) is 1.68. The number of carbonyl (C=O) groups excluding carboxylic acids is 2. The third-order valence-corrected chi connectivity index (χ3v) is 3.44. The lowest BCUT2D eigenvalue weighted by Crippen LogP contribution is -2.48. The lowest BCUT2D eigenvalue weighted by atomic mass is 9.97. The molecule has 1 aliphatic heterocycles. The molecule has 7 nitrogen and oxygen atoms in total. The second-order valence-electron chi connectivity index (χ2n) is 4.97. The molecule has 8 heteroatoms. The highest BCUT2D eigenvalue weighted by molar-refractivity contribution is 14.0. The molecule has 0 atom stereocenters. The van der Waals surface area contributed by atoms with Crippen molar-refractivity contribution >= 4 is 41.8 Å². The van der Waals surface area contributed by atoms with Crippen molar-refractivity contribution in [3.8, 4) is 0 Å². The lowest BCUT2D eigenvalue weighted by molar-refractivity contribution is -0.146. The summed E-state index contributed by atoms with van der Waals surface area (Å²) >= 11 is 0. The molecular weight excluding hydrogens is 387 g/mol. The number of esters is 1. The number of rotatable bonds is 3. The molecule has 1 rings (SSSR count). The largest absolute Gasteiger partial charge is 0.469 e. The van der Waals surface area contributed by atoms with Crippen molar-refractivity contribution in [2.45, 2.75) is 12.8 Å². The summed E-state index contributed by atoms with van der Waals surface area (Å²) in [5, 5.41) is 3.05. The van der Waals surface area contributed by atoms with Crippen molar-refractivity contribution < 1.29 is 14.3 Å². The SMILES string of the molecule is CN=C(NCC(=O)N(C)C)N1CCC(C(=O)OC)CC1.I. The van der Waals surface area contributed by atoms with Gasteiger partial charge in [0, 0.05) is 34.2 Å². The summed E-state index contributed by atoms with van der Waals surface area (Å²) < 4.78 is 4.76. The van der Waals surface area contributed by atoms with E-state index in [1.165, 1.54) is 12.0 Å². The number of nitrogens with zero attached hydrogens (tertiary/aromatic N) is 3. The van der Waals surface area contributed by atoms with Gasteiger partial charge in [0.2, 0.25) is 5.91 Å². The van der Waals surface area contributed by atoms with E-state index in [0.717, 1.165) is 25.9 Å². The highest BCUT2D eigenvalue weighted by Crippen LogP contribution is 2.18. The zero-order chi connectivity index (χ0) is 15.1.